The summed E-state index contributed by atoms with van der Waals surface area (Å²) in [5, 5.41) is 28.3. The lowest BCUT2D eigenvalue weighted by Crippen LogP contribution is -2.08. The SMILES string of the molecule is CC(C)c1nc(Cc2ccc(CC(=O)O)cc2)n(Cc2ccc(-c3ccccc3-c3nn[nH]n3)cc2)n1. The number of nitrogens with one attached hydrogen (secondary N) is 1. The molecule has 0 unspecified atom stereocenters. The third kappa shape index (κ3) is 5.61. The van der Waals surface area contributed by atoms with E-state index in [0.29, 0.717) is 18.8 Å². The van der Waals surface area contributed by atoms with Crippen LogP contribution in [0.2, 0.25) is 0 Å². The molecule has 186 valence electrons. The lowest BCUT2D eigenvalue weighted by atomic mass is 9.98. The molecule has 0 aliphatic carbocycles. The molecule has 9 nitrogen and oxygen atoms in total. The van der Waals surface area contributed by atoms with E-state index in [4.69, 9.17) is 15.2 Å². The van der Waals surface area contributed by atoms with E-state index in [9.17, 15) is 4.79 Å². The second-order valence-electron chi connectivity index (χ2n) is 9.24. The van der Waals surface area contributed by atoms with Crippen molar-refractivity contribution in [2.75, 3.05) is 0 Å². The van der Waals surface area contributed by atoms with Crippen LogP contribution in [0, 0.1) is 0 Å². The zero-order valence-electron chi connectivity index (χ0n) is 20.7. The van der Waals surface area contributed by atoms with Crippen molar-refractivity contribution in [3.05, 3.63) is 101 Å². The number of benzene rings is 3. The van der Waals surface area contributed by atoms with Crippen LogP contribution in [0.4, 0.5) is 0 Å². The van der Waals surface area contributed by atoms with E-state index in [0.717, 1.165) is 45.0 Å². The number of aromatic amines is 1. The zero-order chi connectivity index (χ0) is 25.8. The molecule has 0 spiro atoms. The number of carbonyl (C=O) groups is 1. The van der Waals surface area contributed by atoms with Crippen LogP contribution in [0.25, 0.3) is 22.5 Å². The van der Waals surface area contributed by atoms with Crippen molar-refractivity contribution in [3.63, 3.8) is 0 Å². The first-order valence-corrected chi connectivity index (χ1v) is 12.1. The van der Waals surface area contributed by atoms with Gasteiger partial charge in [-0.05, 0) is 33.0 Å². The van der Waals surface area contributed by atoms with E-state index in [1.165, 1.54) is 0 Å². The van der Waals surface area contributed by atoms with Crippen LogP contribution < -0.4 is 0 Å². The number of hydrogen-bond donors (Lipinski definition) is 2. The molecule has 37 heavy (non-hydrogen) atoms. The lowest BCUT2D eigenvalue weighted by Gasteiger charge is -2.10. The van der Waals surface area contributed by atoms with Gasteiger partial charge in [0.2, 0.25) is 5.82 Å². The number of aromatic nitrogens is 7. The first-order valence-electron chi connectivity index (χ1n) is 12.1. The highest BCUT2D eigenvalue weighted by atomic mass is 16.4. The van der Waals surface area contributed by atoms with Gasteiger partial charge >= 0.3 is 5.97 Å². The second-order valence-corrected chi connectivity index (χ2v) is 9.24. The summed E-state index contributed by atoms with van der Waals surface area (Å²) in [6, 6.07) is 24.0. The maximum absolute atomic E-state index is 11.0. The van der Waals surface area contributed by atoms with Gasteiger partial charge in [-0.15, -0.1) is 10.2 Å². The van der Waals surface area contributed by atoms with Crippen molar-refractivity contribution in [2.45, 2.75) is 39.2 Å². The third-order valence-corrected chi connectivity index (χ3v) is 6.13. The predicted octanol–water partition coefficient (Wildman–Crippen LogP) is 4.51. The molecule has 0 amide bonds. The number of H-pyrrole nitrogens is 1. The van der Waals surface area contributed by atoms with Gasteiger partial charge in [-0.25, -0.2) is 9.67 Å². The van der Waals surface area contributed by atoms with E-state index in [1.54, 1.807) is 0 Å². The minimum Gasteiger partial charge on any atom is -0.481 e. The largest absolute Gasteiger partial charge is 0.481 e. The molecule has 0 saturated carbocycles. The number of carboxylic acid groups (broad SMARTS) is 1. The van der Waals surface area contributed by atoms with Gasteiger partial charge in [0.05, 0.1) is 13.0 Å². The molecule has 0 aliphatic rings. The van der Waals surface area contributed by atoms with Crippen LogP contribution in [0.3, 0.4) is 0 Å². The Morgan fingerprint density at radius 1 is 0.919 bits per heavy atom. The predicted molar refractivity (Wildman–Crippen MR) is 139 cm³/mol. The highest BCUT2D eigenvalue weighted by molar-refractivity contribution is 5.80. The molecule has 5 aromatic rings. The summed E-state index contributed by atoms with van der Waals surface area (Å²) >= 11 is 0. The molecule has 0 fully saturated rings. The molecule has 0 aliphatic heterocycles. The Morgan fingerprint density at radius 2 is 1.59 bits per heavy atom. The molecule has 2 heterocycles. The van der Waals surface area contributed by atoms with Gasteiger partial charge in [0, 0.05) is 17.9 Å². The molecule has 5 rings (SSSR count). The van der Waals surface area contributed by atoms with Crippen LogP contribution in [-0.4, -0.2) is 46.5 Å². The molecule has 0 radical (unpaired) electrons. The van der Waals surface area contributed by atoms with Crippen molar-refractivity contribution < 1.29 is 9.90 Å². The minimum absolute atomic E-state index is 0.0174. The van der Waals surface area contributed by atoms with Crippen LogP contribution in [0.15, 0.2) is 72.8 Å². The summed E-state index contributed by atoms with van der Waals surface area (Å²) in [5.74, 6) is 1.62. The molecule has 0 atom stereocenters. The Hall–Kier alpha value is -4.66. The molecule has 9 heteroatoms. The van der Waals surface area contributed by atoms with Gasteiger partial charge in [-0.2, -0.15) is 10.3 Å². The Labute approximate surface area is 214 Å². The van der Waals surface area contributed by atoms with E-state index in [1.807, 2.05) is 53.2 Å². The number of aliphatic carboxylic acids is 1. The maximum Gasteiger partial charge on any atom is 0.307 e. The lowest BCUT2D eigenvalue weighted by molar-refractivity contribution is -0.136. The van der Waals surface area contributed by atoms with Gasteiger partial charge in [-0.1, -0.05) is 86.6 Å². The number of tetrazole rings is 1. The van der Waals surface area contributed by atoms with Crippen LogP contribution in [0.5, 0.6) is 0 Å². The average molecular weight is 494 g/mol. The Bertz CT molecular complexity index is 1490. The summed E-state index contributed by atoms with van der Waals surface area (Å²) < 4.78 is 1.96. The highest BCUT2D eigenvalue weighted by Gasteiger charge is 2.15. The van der Waals surface area contributed by atoms with Crippen LogP contribution in [-0.2, 0) is 24.2 Å². The Balaban J connectivity index is 1.37. The van der Waals surface area contributed by atoms with Gasteiger partial charge in [0.15, 0.2) is 5.82 Å². The Kier molecular flexibility index (Phi) is 6.85. The summed E-state index contributed by atoms with van der Waals surface area (Å²) in [7, 11) is 0. The average Bonchev–Trinajstić information content (AvgIpc) is 3.56. The topological polar surface area (TPSA) is 122 Å². The third-order valence-electron chi connectivity index (χ3n) is 6.13. The standard InChI is InChI=1S/C28H27N7O2/c1-18(2)27-29-25(15-19-7-9-20(10-8-19)16-26(36)37)35(32-27)17-21-11-13-22(14-12-21)23-5-3-4-6-24(23)28-30-33-34-31-28/h3-14,18H,15-17H2,1-2H3,(H,36,37)(H,30,31,33,34). The molecule has 0 bridgehead atoms. The molecule has 2 aromatic heterocycles. The zero-order valence-corrected chi connectivity index (χ0v) is 20.7. The van der Waals surface area contributed by atoms with Crippen molar-refractivity contribution in [1.82, 2.24) is 35.4 Å². The quantitative estimate of drug-likeness (QED) is 0.310. The van der Waals surface area contributed by atoms with Crippen LogP contribution in [0.1, 0.15) is 48.1 Å². The van der Waals surface area contributed by atoms with E-state index in [2.05, 4.69) is 58.7 Å². The monoisotopic (exact) mass is 493 g/mol. The van der Waals surface area contributed by atoms with E-state index < -0.39 is 5.97 Å². The molecule has 3 aromatic carbocycles. The number of nitrogens with zero attached hydrogens (tertiary/aromatic N) is 6. The van der Waals surface area contributed by atoms with Crippen molar-refractivity contribution >= 4 is 5.97 Å². The summed E-state index contributed by atoms with van der Waals surface area (Å²) in [6.45, 7) is 4.76. The molecule has 2 N–H and O–H groups in total. The first kappa shape index (κ1) is 24.1. The number of hydrogen-bond acceptors (Lipinski definition) is 6. The highest BCUT2D eigenvalue weighted by Crippen LogP contribution is 2.30. The molecular formula is C28H27N7O2. The van der Waals surface area contributed by atoms with Crippen molar-refractivity contribution in [2.24, 2.45) is 0 Å². The van der Waals surface area contributed by atoms with Crippen LogP contribution >= 0.6 is 0 Å². The number of rotatable bonds is 9. The first-order chi connectivity index (χ1) is 18.0. The minimum atomic E-state index is -0.835. The van der Waals surface area contributed by atoms with Gasteiger partial charge in [-0.3, -0.25) is 4.79 Å². The Morgan fingerprint density at radius 3 is 2.24 bits per heavy atom. The molecular weight excluding hydrogens is 466 g/mol. The molecule has 0 saturated heterocycles. The summed E-state index contributed by atoms with van der Waals surface area (Å²) in [5.41, 5.74) is 5.96. The fourth-order valence-corrected chi connectivity index (χ4v) is 4.20. The smallest absolute Gasteiger partial charge is 0.307 e. The van der Waals surface area contributed by atoms with Gasteiger partial charge < -0.3 is 5.11 Å². The fraction of sp³-hybridized carbons (Fsp3) is 0.214. The summed E-state index contributed by atoms with van der Waals surface area (Å²) in [4.78, 5) is 15.8. The van der Waals surface area contributed by atoms with Gasteiger partial charge in [0.1, 0.15) is 5.82 Å². The van der Waals surface area contributed by atoms with Gasteiger partial charge in [0.25, 0.3) is 0 Å². The number of carboxylic acids is 1. The van der Waals surface area contributed by atoms with Crippen molar-refractivity contribution in [1.29, 1.82) is 0 Å². The summed E-state index contributed by atoms with van der Waals surface area (Å²) in [6.07, 6.45) is 0.632. The van der Waals surface area contributed by atoms with E-state index >= 15 is 0 Å². The maximum atomic E-state index is 11.0. The van der Waals surface area contributed by atoms with E-state index in [-0.39, 0.29) is 12.3 Å². The normalized spacial score (nSPS) is 11.2. The van der Waals surface area contributed by atoms with Crippen molar-refractivity contribution in [3.8, 4) is 22.5 Å². The second kappa shape index (κ2) is 10.5. The fourth-order valence-electron chi connectivity index (χ4n) is 4.20.